The van der Waals surface area contributed by atoms with Gasteiger partial charge in [0.25, 0.3) is 0 Å². The number of benzene rings is 3. The molecule has 3 aromatic carbocycles. The fourth-order valence-electron chi connectivity index (χ4n) is 3.21. The standard InChI is InChI=1S/C26H22FN3O/c1-19-11-13-20(14-12-19)26-22(18-30(29-26)23-8-3-2-4-9-23)15-16-25(31)28-17-21-7-5-6-10-24(21)27/h2-16,18H,17H2,1H3,(H,28,31)/b16-15+. The van der Waals surface area contributed by atoms with Gasteiger partial charge in [0, 0.05) is 35.5 Å². The van der Waals surface area contributed by atoms with Crippen molar-refractivity contribution in [3.63, 3.8) is 0 Å². The van der Waals surface area contributed by atoms with Crippen LogP contribution in [-0.4, -0.2) is 15.7 Å². The van der Waals surface area contributed by atoms with E-state index >= 15 is 0 Å². The molecular formula is C26H22FN3O. The fourth-order valence-corrected chi connectivity index (χ4v) is 3.21. The Kier molecular flexibility index (Phi) is 6.03. The molecule has 0 saturated carbocycles. The summed E-state index contributed by atoms with van der Waals surface area (Å²) in [4.78, 5) is 12.3. The highest BCUT2D eigenvalue weighted by atomic mass is 19.1. The Labute approximate surface area is 180 Å². The Bertz CT molecular complexity index is 1210. The van der Waals surface area contributed by atoms with Gasteiger partial charge in [0.1, 0.15) is 5.82 Å². The molecule has 1 aromatic heterocycles. The summed E-state index contributed by atoms with van der Waals surface area (Å²) in [5.41, 5.74) is 5.10. The maximum atomic E-state index is 13.7. The summed E-state index contributed by atoms with van der Waals surface area (Å²) in [6.45, 7) is 2.16. The molecule has 1 heterocycles. The van der Waals surface area contributed by atoms with E-state index in [9.17, 15) is 9.18 Å². The zero-order chi connectivity index (χ0) is 21.6. The molecular weight excluding hydrogens is 389 g/mol. The van der Waals surface area contributed by atoms with E-state index in [1.807, 2.05) is 67.7 Å². The van der Waals surface area contributed by atoms with E-state index in [1.54, 1.807) is 29.0 Å². The summed E-state index contributed by atoms with van der Waals surface area (Å²) in [6.07, 6.45) is 5.08. The number of halogens is 1. The summed E-state index contributed by atoms with van der Waals surface area (Å²) in [5, 5.41) is 7.47. The van der Waals surface area contributed by atoms with Gasteiger partial charge in [-0.15, -0.1) is 0 Å². The largest absolute Gasteiger partial charge is 0.348 e. The van der Waals surface area contributed by atoms with Gasteiger partial charge >= 0.3 is 0 Å². The van der Waals surface area contributed by atoms with Crippen LogP contribution >= 0.6 is 0 Å². The lowest BCUT2D eigenvalue weighted by molar-refractivity contribution is -0.116. The van der Waals surface area contributed by atoms with Gasteiger partial charge in [0.2, 0.25) is 5.91 Å². The van der Waals surface area contributed by atoms with Gasteiger partial charge in [-0.05, 0) is 31.2 Å². The Morgan fingerprint density at radius 2 is 1.71 bits per heavy atom. The average Bonchev–Trinajstić information content (AvgIpc) is 3.22. The molecule has 1 N–H and O–H groups in total. The van der Waals surface area contributed by atoms with E-state index in [-0.39, 0.29) is 18.3 Å². The van der Waals surface area contributed by atoms with Crippen LogP contribution in [-0.2, 0) is 11.3 Å². The highest BCUT2D eigenvalue weighted by Crippen LogP contribution is 2.25. The van der Waals surface area contributed by atoms with Crippen molar-refractivity contribution in [1.82, 2.24) is 15.1 Å². The van der Waals surface area contributed by atoms with Gasteiger partial charge in [0.05, 0.1) is 11.4 Å². The zero-order valence-electron chi connectivity index (χ0n) is 17.1. The lowest BCUT2D eigenvalue weighted by atomic mass is 10.1. The summed E-state index contributed by atoms with van der Waals surface area (Å²) in [7, 11) is 0. The summed E-state index contributed by atoms with van der Waals surface area (Å²) < 4.78 is 15.5. The van der Waals surface area contributed by atoms with E-state index in [4.69, 9.17) is 5.10 Å². The van der Waals surface area contributed by atoms with Gasteiger partial charge in [-0.2, -0.15) is 5.10 Å². The minimum absolute atomic E-state index is 0.129. The van der Waals surface area contributed by atoms with Crippen LogP contribution in [0.2, 0.25) is 0 Å². The van der Waals surface area contributed by atoms with Crippen molar-refractivity contribution >= 4 is 12.0 Å². The van der Waals surface area contributed by atoms with Crippen molar-refractivity contribution < 1.29 is 9.18 Å². The average molecular weight is 411 g/mol. The monoisotopic (exact) mass is 411 g/mol. The molecule has 0 bridgehead atoms. The normalized spacial score (nSPS) is 11.0. The van der Waals surface area contributed by atoms with E-state index in [2.05, 4.69) is 5.32 Å². The maximum Gasteiger partial charge on any atom is 0.244 e. The fraction of sp³-hybridized carbons (Fsp3) is 0.0769. The van der Waals surface area contributed by atoms with Gasteiger partial charge in [-0.25, -0.2) is 9.07 Å². The highest BCUT2D eigenvalue weighted by molar-refractivity contribution is 5.92. The molecule has 0 spiro atoms. The number of amides is 1. The Hall–Kier alpha value is -3.99. The summed E-state index contributed by atoms with van der Waals surface area (Å²) in [6, 6.07) is 24.3. The molecule has 0 unspecified atom stereocenters. The number of aryl methyl sites for hydroxylation is 1. The lowest BCUT2D eigenvalue weighted by Gasteiger charge is -2.03. The zero-order valence-corrected chi connectivity index (χ0v) is 17.1. The van der Waals surface area contributed by atoms with E-state index in [0.29, 0.717) is 5.56 Å². The first kappa shape index (κ1) is 20.3. The minimum Gasteiger partial charge on any atom is -0.348 e. The lowest BCUT2D eigenvalue weighted by Crippen LogP contribution is -2.20. The van der Waals surface area contributed by atoms with Crippen LogP contribution < -0.4 is 5.32 Å². The van der Waals surface area contributed by atoms with Crippen molar-refractivity contribution in [3.05, 3.63) is 114 Å². The predicted octanol–water partition coefficient (Wildman–Crippen LogP) is 5.32. The summed E-state index contributed by atoms with van der Waals surface area (Å²) >= 11 is 0. The van der Waals surface area contributed by atoms with Crippen LogP contribution in [0.3, 0.4) is 0 Å². The third kappa shape index (κ3) is 4.95. The van der Waals surface area contributed by atoms with Crippen molar-refractivity contribution in [2.24, 2.45) is 0 Å². The SMILES string of the molecule is Cc1ccc(-c2nn(-c3ccccc3)cc2/C=C/C(=O)NCc2ccccc2F)cc1. The van der Waals surface area contributed by atoms with Crippen LogP contribution in [0.5, 0.6) is 0 Å². The number of para-hydroxylation sites is 1. The molecule has 4 nitrogen and oxygen atoms in total. The molecule has 0 aliphatic heterocycles. The first-order chi connectivity index (χ1) is 15.1. The topological polar surface area (TPSA) is 46.9 Å². The van der Waals surface area contributed by atoms with E-state index < -0.39 is 0 Å². The molecule has 154 valence electrons. The molecule has 0 fully saturated rings. The predicted molar refractivity (Wildman–Crippen MR) is 121 cm³/mol. The second-order valence-corrected chi connectivity index (χ2v) is 7.22. The van der Waals surface area contributed by atoms with Gasteiger partial charge in [-0.3, -0.25) is 4.79 Å². The maximum absolute atomic E-state index is 13.7. The Morgan fingerprint density at radius 3 is 2.45 bits per heavy atom. The van der Waals surface area contributed by atoms with Gasteiger partial charge in [-0.1, -0.05) is 66.2 Å². The molecule has 1 amide bonds. The van der Waals surface area contributed by atoms with Crippen LogP contribution in [0.25, 0.3) is 23.0 Å². The third-order valence-electron chi connectivity index (χ3n) is 4.91. The Morgan fingerprint density at radius 1 is 1.00 bits per heavy atom. The van der Waals surface area contributed by atoms with Crippen molar-refractivity contribution in [1.29, 1.82) is 0 Å². The third-order valence-corrected chi connectivity index (χ3v) is 4.91. The van der Waals surface area contributed by atoms with Gasteiger partial charge in [0.15, 0.2) is 0 Å². The number of nitrogens with zero attached hydrogens (tertiary/aromatic N) is 2. The highest BCUT2D eigenvalue weighted by Gasteiger charge is 2.11. The van der Waals surface area contributed by atoms with Crippen molar-refractivity contribution in [2.75, 3.05) is 0 Å². The molecule has 0 radical (unpaired) electrons. The van der Waals surface area contributed by atoms with Gasteiger partial charge < -0.3 is 5.32 Å². The number of carbonyl (C=O) groups excluding carboxylic acids is 1. The van der Waals surface area contributed by atoms with Crippen LogP contribution in [0.1, 0.15) is 16.7 Å². The van der Waals surface area contributed by atoms with Crippen molar-refractivity contribution in [2.45, 2.75) is 13.5 Å². The first-order valence-electron chi connectivity index (χ1n) is 10.0. The molecule has 0 aliphatic carbocycles. The van der Waals surface area contributed by atoms with Crippen LogP contribution in [0.15, 0.2) is 91.1 Å². The molecule has 31 heavy (non-hydrogen) atoms. The van der Waals surface area contributed by atoms with Crippen LogP contribution in [0, 0.1) is 12.7 Å². The molecule has 0 atom stereocenters. The molecule has 0 aliphatic rings. The molecule has 5 heteroatoms. The number of aromatic nitrogens is 2. The van der Waals surface area contributed by atoms with E-state index in [1.165, 1.54) is 12.1 Å². The second-order valence-electron chi connectivity index (χ2n) is 7.22. The first-order valence-corrected chi connectivity index (χ1v) is 10.0. The molecule has 4 rings (SSSR count). The minimum atomic E-state index is -0.336. The summed E-state index contributed by atoms with van der Waals surface area (Å²) in [5.74, 6) is -0.636. The number of rotatable bonds is 6. The van der Waals surface area contributed by atoms with Crippen LogP contribution in [0.4, 0.5) is 4.39 Å². The molecule has 0 saturated heterocycles. The Balaban J connectivity index is 1.58. The molecule has 4 aromatic rings. The number of carbonyl (C=O) groups is 1. The number of hydrogen-bond donors (Lipinski definition) is 1. The quantitative estimate of drug-likeness (QED) is 0.437. The number of nitrogens with one attached hydrogen (secondary N) is 1. The smallest absolute Gasteiger partial charge is 0.244 e. The van der Waals surface area contributed by atoms with E-state index in [0.717, 1.165) is 28.1 Å². The number of hydrogen-bond acceptors (Lipinski definition) is 2. The van der Waals surface area contributed by atoms with Crippen molar-refractivity contribution in [3.8, 4) is 16.9 Å². The second kappa shape index (κ2) is 9.22.